The van der Waals surface area contributed by atoms with Crippen LogP contribution in [0, 0.1) is 5.41 Å². The first-order valence-corrected chi connectivity index (χ1v) is 10.7. The maximum absolute atomic E-state index is 6.02. The molecule has 0 aromatic heterocycles. The zero-order valence-electron chi connectivity index (χ0n) is 19.5. The fourth-order valence-corrected chi connectivity index (χ4v) is 3.88. The van der Waals surface area contributed by atoms with E-state index >= 15 is 0 Å². The van der Waals surface area contributed by atoms with E-state index in [2.05, 4.69) is 73.0 Å². The molecule has 0 heterocycles. The van der Waals surface area contributed by atoms with E-state index in [9.17, 15) is 0 Å². The van der Waals surface area contributed by atoms with Gasteiger partial charge in [0.1, 0.15) is 37.8 Å². The summed E-state index contributed by atoms with van der Waals surface area (Å²) in [6.07, 6.45) is 1.15. The van der Waals surface area contributed by atoms with Gasteiger partial charge in [-0.1, -0.05) is 65.0 Å². The zero-order valence-corrected chi connectivity index (χ0v) is 19.5. The zero-order chi connectivity index (χ0) is 21.5. The molecule has 3 heteroatoms. The van der Waals surface area contributed by atoms with Gasteiger partial charge in [0.15, 0.2) is 0 Å². The summed E-state index contributed by atoms with van der Waals surface area (Å²) in [7, 11) is 4.44. The van der Waals surface area contributed by atoms with Gasteiger partial charge in [0.05, 0.1) is 14.1 Å². The van der Waals surface area contributed by atoms with E-state index in [0.717, 1.165) is 35.5 Å². The van der Waals surface area contributed by atoms with Crippen LogP contribution in [0.2, 0.25) is 0 Å². The van der Waals surface area contributed by atoms with Crippen molar-refractivity contribution in [3.8, 4) is 11.5 Å². The quantitative estimate of drug-likeness (QED) is 0.462. The Morgan fingerprint density at radius 3 is 1.66 bits per heavy atom. The number of quaternary nitrogens is 1. The van der Waals surface area contributed by atoms with Crippen LogP contribution in [0.5, 0.6) is 11.5 Å². The predicted molar refractivity (Wildman–Crippen MR) is 123 cm³/mol. The van der Waals surface area contributed by atoms with Crippen molar-refractivity contribution in [3.63, 3.8) is 0 Å². The average molecular weight is 399 g/mol. The Kier molecular flexibility index (Phi) is 7.76. The van der Waals surface area contributed by atoms with Gasteiger partial charge in [0, 0.05) is 0 Å². The second-order valence-electron chi connectivity index (χ2n) is 10.5. The summed E-state index contributed by atoms with van der Waals surface area (Å²) in [6, 6.07) is 18.6. The van der Waals surface area contributed by atoms with E-state index in [-0.39, 0.29) is 5.41 Å². The number of hydrogen-bond donors (Lipinski definition) is 0. The maximum atomic E-state index is 6.02. The molecule has 0 aliphatic heterocycles. The summed E-state index contributed by atoms with van der Waals surface area (Å²) >= 11 is 0. The van der Waals surface area contributed by atoms with E-state index in [0.29, 0.717) is 18.6 Å². The van der Waals surface area contributed by atoms with Crippen LogP contribution in [-0.2, 0) is 5.41 Å². The third-order valence-corrected chi connectivity index (χ3v) is 5.28. The lowest BCUT2D eigenvalue weighted by Crippen LogP contribution is -2.45. The van der Waals surface area contributed by atoms with Crippen molar-refractivity contribution in [1.29, 1.82) is 0 Å². The first-order chi connectivity index (χ1) is 13.5. The van der Waals surface area contributed by atoms with Gasteiger partial charge >= 0.3 is 0 Å². The van der Waals surface area contributed by atoms with Gasteiger partial charge in [-0.05, 0) is 47.1 Å². The molecule has 0 bridgehead atoms. The predicted octanol–water partition coefficient (Wildman–Crippen LogP) is 5.93. The molecule has 0 N–H and O–H groups in total. The lowest BCUT2D eigenvalue weighted by molar-refractivity contribution is -0.890. The van der Waals surface area contributed by atoms with E-state index < -0.39 is 0 Å². The molecular weight excluding hydrogens is 358 g/mol. The lowest BCUT2D eigenvalue weighted by atomic mass is 9.72. The second kappa shape index (κ2) is 9.67. The Balaban J connectivity index is 1.77. The number of rotatable bonds is 10. The number of ether oxygens (including phenoxy) is 2. The number of nitrogens with zero attached hydrogens (tertiary/aromatic N) is 1. The molecule has 0 unspecified atom stereocenters. The minimum atomic E-state index is 0.161. The Morgan fingerprint density at radius 1 is 0.690 bits per heavy atom. The number of para-hydroxylation sites is 1. The van der Waals surface area contributed by atoms with Gasteiger partial charge in [0.25, 0.3) is 0 Å². The SMILES string of the molecule is CC(C)(C)CC(C)(C)c1ccc(OCC[N+](C)(C)CCOc2ccccc2)cc1. The molecule has 0 aliphatic rings. The summed E-state index contributed by atoms with van der Waals surface area (Å²) in [6.45, 7) is 14.8. The number of benzene rings is 2. The van der Waals surface area contributed by atoms with E-state index in [4.69, 9.17) is 9.47 Å². The van der Waals surface area contributed by atoms with Crippen LogP contribution in [0.4, 0.5) is 0 Å². The third kappa shape index (κ3) is 8.49. The fourth-order valence-electron chi connectivity index (χ4n) is 3.88. The van der Waals surface area contributed by atoms with Crippen molar-refractivity contribution >= 4 is 0 Å². The first kappa shape index (κ1) is 23.3. The van der Waals surface area contributed by atoms with Gasteiger partial charge in [-0.15, -0.1) is 0 Å². The van der Waals surface area contributed by atoms with Crippen LogP contribution >= 0.6 is 0 Å². The van der Waals surface area contributed by atoms with Crippen LogP contribution in [0.1, 0.15) is 46.6 Å². The molecule has 0 fully saturated rings. The van der Waals surface area contributed by atoms with Crippen LogP contribution in [0.3, 0.4) is 0 Å². The molecule has 0 atom stereocenters. The molecule has 0 saturated carbocycles. The highest BCUT2D eigenvalue weighted by molar-refractivity contribution is 5.31. The van der Waals surface area contributed by atoms with Crippen LogP contribution < -0.4 is 9.47 Å². The molecule has 2 aromatic carbocycles. The first-order valence-electron chi connectivity index (χ1n) is 10.7. The Bertz CT molecular complexity index is 728. The van der Waals surface area contributed by atoms with Gasteiger partial charge in [-0.3, -0.25) is 0 Å². The lowest BCUT2D eigenvalue weighted by Gasteiger charge is -2.33. The molecule has 160 valence electrons. The molecule has 0 aliphatic carbocycles. The second-order valence-corrected chi connectivity index (χ2v) is 10.5. The summed E-state index contributed by atoms with van der Waals surface area (Å²) in [4.78, 5) is 0. The van der Waals surface area contributed by atoms with Crippen molar-refractivity contribution in [2.45, 2.75) is 46.5 Å². The molecule has 2 aromatic rings. The molecule has 2 rings (SSSR count). The Morgan fingerprint density at radius 2 is 1.17 bits per heavy atom. The smallest absolute Gasteiger partial charge is 0.137 e. The van der Waals surface area contributed by atoms with Gasteiger partial charge < -0.3 is 14.0 Å². The Hall–Kier alpha value is -2.00. The Labute approximate surface area is 178 Å². The number of likely N-dealkylation sites (N-methyl/N-ethyl adjacent to an activating group) is 1. The topological polar surface area (TPSA) is 18.5 Å². The highest BCUT2D eigenvalue weighted by atomic mass is 16.5. The maximum Gasteiger partial charge on any atom is 0.137 e. The van der Waals surface area contributed by atoms with Crippen molar-refractivity contribution in [1.82, 2.24) is 0 Å². The minimum Gasteiger partial charge on any atom is -0.488 e. The average Bonchev–Trinajstić information content (AvgIpc) is 2.61. The van der Waals surface area contributed by atoms with Gasteiger partial charge in [-0.25, -0.2) is 0 Å². The van der Waals surface area contributed by atoms with Crippen LogP contribution in [0.25, 0.3) is 0 Å². The molecule has 0 amide bonds. The van der Waals surface area contributed by atoms with E-state index in [1.54, 1.807) is 0 Å². The van der Waals surface area contributed by atoms with Gasteiger partial charge in [0.2, 0.25) is 0 Å². The largest absolute Gasteiger partial charge is 0.488 e. The van der Waals surface area contributed by atoms with E-state index in [1.807, 2.05) is 30.3 Å². The summed E-state index contributed by atoms with van der Waals surface area (Å²) in [5, 5.41) is 0. The monoisotopic (exact) mass is 398 g/mol. The number of hydrogen-bond acceptors (Lipinski definition) is 2. The van der Waals surface area contributed by atoms with Crippen molar-refractivity contribution in [3.05, 3.63) is 60.2 Å². The van der Waals surface area contributed by atoms with Crippen molar-refractivity contribution < 1.29 is 14.0 Å². The van der Waals surface area contributed by atoms with Gasteiger partial charge in [-0.2, -0.15) is 0 Å². The molecular formula is C26H40NO2+. The highest BCUT2D eigenvalue weighted by Gasteiger charge is 2.27. The summed E-state index contributed by atoms with van der Waals surface area (Å²) < 4.78 is 12.7. The molecule has 0 radical (unpaired) electrons. The van der Waals surface area contributed by atoms with Crippen LogP contribution in [-0.4, -0.2) is 44.9 Å². The van der Waals surface area contributed by atoms with Crippen molar-refractivity contribution in [2.24, 2.45) is 5.41 Å². The molecule has 29 heavy (non-hydrogen) atoms. The molecule has 3 nitrogen and oxygen atoms in total. The summed E-state index contributed by atoms with van der Waals surface area (Å²) in [5.41, 5.74) is 1.84. The normalized spacial score (nSPS) is 12.7. The standard InChI is InChI=1S/C26H40NO2/c1-25(2,3)21-26(4,5)22-13-15-24(16-14-22)29-20-18-27(6,7)17-19-28-23-11-9-8-10-12-23/h8-16H,17-21H2,1-7H3/q+1. The summed E-state index contributed by atoms with van der Waals surface area (Å²) in [5.74, 6) is 1.87. The van der Waals surface area contributed by atoms with E-state index in [1.165, 1.54) is 5.56 Å². The molecule has 0 saturated heterocycles. The van der Waals surface area contributed by atoms with Crippen molar-refractivity contribution in [2.75, 3.05) is 40.4 Å². The minimum absolute atomic E-state index is 0.161. The van der Waals surface area contributed by atoms with Crippen LogP contribution in [0.15, 0.2) is 54.6 Å². The third-order valence-electron chi connectivity index (χ3n) is 5.28. The highest BCUT2D eigenvalue weighted by Crippen LogP contribution is 2.36. The fraction of sp³-hybridized carbons (Fsp3) is 0.538. The molecule has 0 spiro atoms.